The smallest absolute Gasteiger partial charge is 0.338 e. The van der Waals surface area contributed by atoms with E-state index >= 15 is 0 Å². The first kappa shape index (κ1) is 31.5. The van der Waals surface area contributed by atoms with Crippen molar-refractivity contribution in [1.29, 1.82) is 0 Å². The summed E-state index contributed by atoms with van der Waals surface area (Å²) in [5.41, 5.74) is 1.37. The van der Waals surface area contributed by atoms with Crippen molar-refractivity contribution in [1.82, 2.24) is 9.80 Å². The number of morpholine rings is 1. The maximum atomic E-state index is 14.6. The first-order valence-electron chi connectivity index (χ1n) is 15.7. The molecule has 1 aliphatic carbocycles. The molecule has 2 aliphatic heterocycles. The molecule has 228 valence electrons. The van der Waals surface area contributed by atoms with Crippen molar-refractivity contribution in [2.24, 2.45) is 21.7 Å². The number of amidine groups is 1. The Morgan fingerprint density at radius 3 is 2.27 bits per heavy atom. The van der Waals surface area contributed by atoms with E-state index in [0.29, 0.717) is 37.1 Å². The predicted molar refractivity (Wildman–Crippen MR) is 164 cm³/mol. The standard InChI is InChI=1S/C34H53N3O4/c1-23(2)41-31(39)26-12-10-25(11-13-26)28(16-17-32(4,5)6)37-30(38)29(36-20-21-40-22-24(36)3)35-34(37)18-14-27(15-19-34)33(7,8)9/h10-13,23-24,27-28H,14-22H2,1-9H3/t24-,27?,28+,34?/m0/s1. The van der Waals surface area contributed by atoms with E-state index in [9.17, 15) is 9.59 Å². The summed E-state index contributed by atoms with van der Waals surface area (Å²) in [4.78, 5) is 36.9. The van der Waals surface area contributed by atoms with Gasteiger partial charge in [0, 0.05) is 6.54 Å². The number of nitrogens with zero attached hydrogens (tertiary/aromatic N) is 3. The lowest BCUT2D eigenvalue weighted by Gasteiger charge is -2.47. The molecule has 0 aromatic heterocycles. The first-order chi connectivity index (χ1) is 19.1. The number of hydrogen-bond acceptors (Lipinski definition) is 6. The van der Waals surface area contributed by atoms with Crippen molar-refractivity contribution in [2.45, 2.75) is 125 Å². The fraction of sp³-hybridized carbons (Fsp3) is 0.735. The molecule has 1 amide bonds. The van der Waals surface area contributed by atoms with Gasteiger partial charge in [0.1, 0.15) is 5.66 Å². The van der Waals surface area contributed by atoms with E-state index in [0.717, 1.165) is 44.1 Å². The van der Waals surface area contributed by atoms with Crippen molar-refractivity contribution in [3.8, 4) is 0 Å². The van der Waals surface area contributed by atoms with Crippen LogP contribution in [0.1, 0.15) is 123 Å². The third-order valence-electron chi connectivity index (χ3n) is 9.18. The third kappa shape index (κ3) is 7.15. The van der Waals surface area contributed by atoms with E-state index in [1.54, 1.807) is 0 Å². The van der Waals surface area contributed by atoms with Gasteiger partial charge in [-0.1, -0.05) is 53.7 Å². The van der Waals surface area contributed by atoms with Crippen LogP contribution in [0.15, 0.2) is 29.3 Å². The number of ether oxygens (including phenoxy) is 2. The molecule has 1 aromatic carbocycles. The second kappa shape index (κ2) is 12.1. The highest BCUT2D eigenvalue weighted by Gasteiger charge is 2.54. The number of amides is 1. The number of hydrogen-bond donors (Lipinski definition) is 0. The lowest BCUT2D eigenvalue weighted by atomic mass is 9.69. The van der Waals surface area contributed by atoms with Gasteiger partial charge in [-0.25, -0.2) is 9.79 Å². The van der Waals surface area contributed by atoms with Crippen LogP contribution in [0.4, 0.5) is 0 Å². The SMILES string of the molecule is CC(C)OC(=O)c1ccc([C@@H](CCC(C)(C)C)N2C(=O)C(N3CCOC[C@@H]3C)=NC23CCC(C(C)(C)C)CC3)cc1. The van der Waals surface area contributed by atoms with Crippen LogP contribution < -0.4 is 0 Å². The van der Waals surface area contributed by atoms with Crippen molar-refractivity contribution < 1.29 is 19.1 Å². The van der Waals surface area contributed by atoms with Crippen LogP contribution in [0.3, 0.4) is 0 Å². The molecule has 1 spiro atoms. The van der Waals surface area contributed by atoms with Crippen molar-refractivity contribution >= 4 is 17.7 Å². The van der Waals surface area contributed by atoms with Crippen LogP contribution in [0.5, 0.6) is 0 Å². The van der Waals surface area contributed by atoms with Gasteiger partial charge in [-0.3, -0.25) is 4.79 Å². The van der Waals surface area contributed by atoms with Crippen LogP contribution in [-0.4, -0.2) is 65.1 Å². The molecular formula is C34H53N3O4. The van der Waals surface area contributed by atoms with Crippen LogP contribution >= 0.6 is 0 Å². The van der Waals surface area contributed by atoms with Gasteiger partial charge in [0.2, 0.25) is 0 Å². The highest BCUT2D eigenvalue weighted by molar-refractivity contribution is 6.39. The van der Waals surface area contributed by atoms with Gasteiger partial charge in [0.25, 0.3) is 5.91 Å². The van der Waals surface area contributed by atoms with E-state index in [4.69, 9.17) is 14.5 Å². The lowest BCUT2D eigenvalue weighted by Crippen LogP contribution is -2.54. The monoisotopic (exact) mass is 567 g/mol. The van der Waals surface area contributed by atoms with Crippen LogP contribution in [-0.2, 0) is 14.3 Å². The van der Waals surface area contributed by atoms with Crippen LogP contribution in [0, 0.1) is 16.7 Å². The minimum absolute atomic E-state index is 0.0372. The van der Waals surface area contributed by atoms with Crippen molar-refractivity contribution in [3.05, 3.63) is 35.4 Å². The highest BCUT2D eigenvalue weighted by Crippen LogP contribution is 2.50. The summed E-state index contributed by atoms with van der Waals surface area (Å²) in [5, 5.41) is 0. The van der Waals surface area contributed by atoms with Crippen molar-refractivity contribution in [2.75, 3.05) is 19.8 Å². The van der Waals surface area contributed by atoms with E-state index < -0.39 is 5.66 Å². The molecule has 2 atom stereocenters. The zero-order chi connectivity index (χ0) is 30.2. The number of esters is 1. The Hall–Kier alpha value is -2.41. The van der Waals surface area contributed by atoms with Gasteiger partial charge in [-0.2, -0.15) is 0 Å². The van der Waals surface area contributed by atoms with Gasteiger partial charge in [0.05, 0.1) is 37.0 Å². The fourth-order valence-electron chi connectivity index (χ4n) is 6.69. The maximum Gasteiger partial charge on any atom is 0.338 e. The van der Waals surface area contributed by atoms with Crippen LogP contribution in [0.2, 0.25) is 0 Å². The summed E-state index contributed by atoms with van der Waals surface area (Å²) >= 11 is 0. The summed E-state index contributed by atoms with van der Waals surface area (Å²) in [7, 11) is 0. The minimum Gasteiger partial charge on any atom is -0.459 e. The molecule has 0 N–H and O–H groups in total. The van der Waals surface area contributed by atoms with E-state index in [1.165, 1.54) is 0 Å². The first-order valence-corrected chi connectivity index (χ1v) is 15.7. The second-order valence-electron chi connectivity index (χ2n) is 15.0. The average Bonchev–Trinajstić information content (AvgIpc) is 3.15. The zero-order valence-corrected chi connectivity index (χ0v) is 27.0. The quantitative estimate of drug-likeness (QED) is 0.346. The molecule has 0 radical (unpaired) electrons. The normalized spacial score (nSPS) is 26.5. The fourth-order valence-corrected chi connectivity index (χ4v) is 6.69. The number of carbonyl (C=O) groups is 2. The summed E-state index contributed by atoms with van der Waals surface area (Å²) in [6.07, 6.45) is 5.45. The Bertz CT molecular complexity index is 1100. The number of benzene rings is 1. The third-order valence-corrected chi connectivity index (χ3v) is 9.18. The highest BCUT2D eigenvalue weighted by atomic mass is 16.5. The Kier molecular flexibility index (Phi) is 9.28. The number of aliphatic imine (C=N–C) groups is 1. The van der Waals surface area contributed by atoms with Crippen molar-refractivity contribution in [3.63, 3.8) is 0 Å². The second-order valence-corrected chi connectivity index (χ2v) is 15.0. The Morgan fingerprint density at radius 1 is 1.10 bits per heavy atom. The summed E-state index contributed by atoms with van der Waals surface area (Å²) in [5.74, 6) is 0.924. The lowest BCUT2D eigenvalue weighted by molar-refractivity contribution is -0.134. The van der Waals surface area contributed by atoms with Gasteiger partial charge >= 0.3 is 5.97 Å². The molecule has 41 heavy (non-hydrogen) atoms. The van der Waals surface area contributed by atoms with Gasteiger partial charge in [-0.05, 0) is 93.7 Å². The molecule has 7 heteroatoms. The number of rotatable bonds is 6. The molecule has 1 aromatic rings. The molecule has 3 aliphatic rings. The Labute approximate surface area is 248 Å². The molecule has 2 fully saturated rings. The van der Waals surface area contributed by atoms with E-state index in [2.05, 4.69) is 58.3 Å². The Morgan fingerprint density at radius 2 is 1.73 bits per heavy atom. The predicted octanol–water partition coefficient (Wildman–Crippen LogP) is 7.01. The largest absolute Gasteiger partial charge is 0.459 e. The molecule has 1 saturated heterocycles. The molecule has 0 unspecified atom stereocenters. The summed E-state index contributed by atoms with van der Waals surface area (Å²) in [6.45, 7) is 21.5. The minimum atomic E-state index is -0.552. The Balaban J connectivity index is 1.74. The molecule has 1 saturated carbocycles. The average molecular weight is 568 g/mol. The molecule has 4 rings (SSSR count). The topological polar surface area (TPSA) is 71.4 Å². The zero-order valence-electron chi connectivity index (χ0n) is 27.0. The number of carbonyl (C=O) groups excluding carboxylic acids is 2. The van der Waals surface area contributed by atoms with E-state index in [1.807, 2.05) is 38.1 Å². The summed E-state index contributed by atoms with van der Waals surface area (Å²) in [6, 6.07) is 7.69. The van der Waals surface area contributed by atoms with Gasteiger partial charge in [0.15, 0.2) is 5.84 Å². The molecule has 0 bridgehead atoms. The molecule has 2 heterocycles. The molecule has 7 nitrogen and oxygen atoms in total. The van der Waals surface area contributed by atoms with Gasteiger partial charge in [-0.15, -0.1) is 0 Å². The summed E-state index contributed by atoms with van der Waals surface area (Å²) < 4.78 is 11.1. The maximum absolute atomic E-state index is 14.6. The van der Waals surface area contributed by atoms with Gasteiger partial charge < -0.3 is 19.3 Å². The van der Waals surface area contributed by atoms with Crippen LogP contribution in [0.25, 0.3) is 0 Å². The van der Waals surface area contributed by atoms with E-state index in [-0.39, 0.29) is 40.9 Å². The molecular weight excluding hydrogens is 514 g/mol.